The minimum atomic E-state index is 0.522. The highest BCUT2D eigenvalue weighted by atomic mass is 16.4. The molecule has 2 aliphatic rings. The number of hydrogen-bond acceptors (Lipinski definition) is 4. The van der Waals surface area contributed by atoms with Crippen LogP contribution in [-0.2, 0) is 6.42 Å². The summed E-state index contributed by atoms with van der Waals surface area (Å²) in [5, 5.41) is 12.0. The molecule has 4 heteroatoms. The van der Waals surface area contributed by atoms with E-state index in [0.29, 0.717) is 5.92 Å². The number of nitrogens with zero attached hydrogens (tertiary/aromatic N) is 2. The second-order valence-corrected chi connectivity index (χ2v) is 6.85. The molecule has 2 saturated carbocycles. The number of fused-ring (bicyclic) bond motifs is 1. The molecular formula is C17H29N3O. The summed E-state index contributed by atoms with van der Waals surface area (Å²) in [6.45, 7) is 4.18. The van der Waals surface area contributed by atoms with Crippen molar-refractivity contribution in [2.45, 2.75) is 70.6 Å². The Balaban J connectivity index is 1.51. The first-order chi connectivity index (χ1) is 10.4. The molecule has 0 aliphatic heterocycles. The van der Waals surface area contributed by atoms with Crippen molar-refractivity contribution in [3.8, 4) is 0 Å². The normalized spacial score (nSPS) is 29.3. The molecule has 1 heterocycles. The first-order valence-corrected chi connectivity index (χ1v) is 8.89. The fourth-order valence-electron chi connectivity index (χ4n) is 4.13. The fraction of sp³-hybridized carbons (Fsp3) is 0.882. The topological polar surface area (TPSA) is 51.0 Å². The minimum absolute atomic E-state index is 0.522. The third kappa shape index (κ3) is 3.85. The van der Waals surface area contributed by atoms with Gasteiger partial charge in [-0.2, -0.15) is 0 Å². The fourth-order valence-corrected chi connectivity index (χ4v) is 4.13. The minimum Gasteiger partial charge on any atom is -0.425 e. The van der Waals surface area contributed by atoms with Crippen LogP contribution in [-0.4, -0.2) is 23.3 Å². The standard InChI is InChI=1S/C17H29N3O/c1-2-10-18-11-9-16-19-20-17(21-16)15-8-7-13-5-3-4-6-14(13)12-15/h13-15,18H,2-12H2,1H3. The van der Waals surface area contributed by atoms with Crippen molar-refractivity contribution < 1.29 is 4.42 Å². The lowest BCUT2D eigenvalue weighted by Crippen LogP contribution is -2.26. The van der Waals surface area contributed by atoms with E-state index in [1.54, 1.807) is 0 Å². The van der Waals surface area contributed by atoms with Crippen molar-refractivity contribution in [1.29, 1.82) is 0 Å². The molecular weight excluding hydrogens is 262 g/mol. The van der Waals surface area contributed by atoms with E-state index < -0.39 is 0 Å². The van der Waals surface area contributed by atoms with Gasteiger partial charge in [0.15, 0.2) is 0 Å². The highest BCUT2D eigenvalue weighted by Gasteiger charge is 2.34. The lowest BCUT2D eigenvalue weighted by atomic mass is 9.67. The first-order valence-electron chi connectivity index (χ1n) is 8.89. The van der Waals surface area contributed by atoms with Crippen molar-refractivity contribution in [2.75, 3.05) is 13.1 Å². The zero-order valence-corrected chi connectivity index (χ0v) is 13.3. The highest BCUT2D eigenvalue weighted by Crippen LogP contribution is 2.45. The van der Waals surface area contributed by atoms with Gasteiger partial charge in [-0.15, -0.1) is 10.2 Å². The van der Waals surface area contributed by atoms with E-state index in [1.807, 2.05) is 0 Å². The molecule has 2 aliphatic carbocycles. The summed E-state index contributed by atoms with van der Waals surface area (Å²) in [7, 11) is 0. The van der Waals surface area contributed by atoms with Gasteiger partial charge in [0.1, 0.15) is 0 Å². The molecule has 4 nitrogen and oxygen atoms in total. The first kappa shape index (κ1) is 15.0. The maximum Gasteiger partial charge on any atom is 0.219 e. The summed E-state index contributed by atoms with van der Waals surface area (Å²) in [6.07, 6.45) is 11.7. The van der Waals surface area contributed by atoms with Crippen LogP contribution in [0.25, 0.3) is 0 Å². The van der Waals surface area contributed by atoms with Crippen LogP contribution in [0, 0.1) is 11.8 Å². The van der Waals surface area contributed by atoms with Crippen molar-refractivity contribution in [1.82, 2.24) is 15.5 Å². The van der Waals surface area contributed by atoms with Crippen molar-refractivity contribution in [2.24, 2.45) is 11.8 Å². The van der Waals surface area contributed by atoms with Crippen molar-refractivity contribution in [3.63, 3.8) is 0 Å². The average molecular weight is 291 g/mol. The largest absolute Gasteiger partial charge is 0.425 e. The van der Waals surface area contributed by atoms with Gasteiger partial charge in [0.05, 0.1) is 0 Å². The Hall–Kier alpha value is -0.900. The van der Waals surface area contributed by atoms with Gasteiger partial charge in [0, 0.05) is 18.9 Å². The summed E-state index contributed by atoms with van der Waals surface area (Å²) < 4.78 is 5.92. The summed E-state index contributed by atoms with van der Waals surface area (Å²) in [4.78, 5) is 0. The van der Waals surface area contributed by atoms with Gasteiger partial charge in [-0.1, -0.05) is 32.6 Å². The summed E-state index contributed by atoms with van der Waals surface area (Å²) in [5.74, 6) is 4.13. The molecule has 1 aromatic heterocycles. The third-order valence-corrected chi connectivity index (χ3v) is 5.31. The Bertz CT molecular complexity index is 431. The molecule has 21 heavy (non-hydrogen) atoms. The monoisotopic (exact) mass is 291 g/mol. The lowest BCUT2D eigenvalue weighted by molar-refractivity contribution is 0.145. The third-order valence-electron chi connectivity index (χ3n) is 5.31. The Kier molecular flexibility index (Phi) is 5.28. The van der Waals surface area contributed by atoms with E-state index in [9.17, 15) is 0 Å². The summed E-state index contributed by atoms with van der Waals surface area (Å²) in [6, 6.07) is 0. The zero-order valence-electron chi connectivity index (χ0n) is 13.3. The molecule has 0 aromatic carbocycles. The molecule has 0 spiro atoms. The number of aromatic nitrogens is 2. The summed E-state index contributed by atoms with van der Waals surface area (Å²) in [5.41, 5.74) is 0. The molecule has 3 unspecified atom stereocenters. The van der Waals surface area contributed by atoms with E-state index in [1.165, 1.54) is 51.4 Å². The quantitative estimate of drug-likeness (QED) is 0.812. The predicted molar refractivity (Wildman–Crippen MR) is 83.2 cm³/mol. The molecule has 0 radical (unpaired) electrons. The van der Waals surface area contributed by atoms with Crippen molar-refractivity contribution in [3.05, 3.63) is 11.8 Å². The Labute approximate surface area is 128 Å². The van der Waals surface area contributed by atoms with E-state index >= 15 is 0 Å². The lowest BCUT2D eigenvalue weighted by Gasteiger charge is -2.38. The molecule has 0 bridgehead atoms. The van der Waals surface area contributed by atoms with E-state index in [2.05, 4.69) is 22.4 Å². The molecule has 1 N–H and O–H groups in total. The van der Waals surface area contributed by atoms with Gasteiger partial charge >= 0.3 is 0 Å². The van der Waals surface area contributed by atoms with Crippen LogP contribution in [0.15, 0.2) is 4.42 Å². The van der Waals surface area contributed by atoms with Gasteiger partial charge in [0.25, 0.3) is 0 Å². The van der Waals surface area contributed by atoms with Crippen LogP contribution in [0.4, 0.5) is 0 Å². The Morgan fingerprint density at radius 2 is 1.90 bits per heavy atom. The molecule has 3 atom stereocenters. The molecule has 0 saturated heterocycles. The van der Waals surface area contributed by atoms with Gasteiger partial charge in [-0.25, -0.2) is 0 Å². The smallest absolute Gasteiger partial charge is 0.219 e. The van der Waals surface area contributed by atoms with Gasteiger partial charge < -0.3 is 9.73 Å². The van der Waals surface area contributed by atoms with Crippen LogP contribution in [0.2, 0.25) is 0 Å². The van der Waals surface area contributed by atoms with Gasteiger partial charge in [-0.3, -0.25) is 0 Å². The van der Waals surface area contributed by atoms with E-state index in [-0.39, 0.29) is 0 Å². The van der Waals surface area contributed by atoms with Gasteiger partial charge in [0.2, 0.25) is 11.8 Å². The predicted octanol–water partition coefficient (Wildman–Crippen LogP) is 3.69. The molecule has 3 rings (SSSR count). The number of nitrogens with one attached hydrogen (secondary N) is 1. The highest BCUT2D eigenvalue weighted by molar-refractivity contribution is 4.97. The SMILES string of the molecule is CCCNCCc1nnc(C2CCC3CCCCC3C2)o1. The molecule has 2 fully saturated rings. The van der Waals surface area contributed by atoms with Crippen LogP contribution >= 0.6 is 0 Å². The molecule has 1 aromatic rings. The average Bonchev–Trinajstić information content (AvgIpc) is 3.00. The zero-order chi connectivity index (χ0) is 14.5. The Morgan fingerprint density at radius 1 is 1.05 bits per heavy atom. The number of hydrogen-bond donors (Lipinski definition) is 1. The maximum atomic E-state index is 5.92. The van der Waals surface area contributed by atoms with Crippen LogP contribution in [0.1, 0.15) is 76.0 Å². The number of rotatable bonds is 6. The maximum absolute atomic E-state index is 5.92. The van der Waals surface area contributed by atoms with Crippen LogP contribution in [0.5, 0.6) is 0 Å². The van der Waals surface area contributed by atoms with E-state index in [0.717, 1.165) is 43.1 Å². The second-order valence-electron chi connectivity index (χ2n) is 6.85. The van der Waals surface area contributed by atoms with E-state index in [4.69, 9.17) is 4.42 Å². The van der Waals surface area contributed by atoms with Crippen molar-refractivity contribution >= 4 is 0 Å². The second kappa shape index (κ2) is 7.39. The van der Waals surface area contributed by atoms with Crippen LogP contribution in [0.3, 0.4) is 0 Å². The van der Waals surface area contributed by atoms with Crippen LogP contribution < -0.4 is 5.32 Å². The molecule has 0 amide bonds. The van der Waals surface area contributed by atoms with Gasteiger partial charge in [-0.05, 0) is 44.1 Å². The molecule has 118 valence electrons. The summed E-state index contributed by atoms with van der Waals surface area (Å²) >= 11 is 0. The Morgan fingerprint density at radius 3 is 2.76 bits per heavy atom.